The number of rotatable bonds is 4. The number of para-hydroxylation sites is 1. The molecule has 0 saturated heterocycles. The maximum absolute atomic E-state index is 12.5. The molecule has 0 saturated carbocycles. The van der Waals surface area contributed by atoms with E-state index in [9.17, 15) is 22.8 Å². The number of benzene rings is 2. The Hall–Kier alpha value is -3.15. The van der Waals surface area contributed by atoms with E-state index >= 15 is 0 Å². The molecule has 1 aliphatic carbocycles. The Morgan fingerprint density at radius 3 is 2.39 bits per heavy atom. The van der Waals surface area contributed by atoms with Crippen molar-refractivity contribution in [3.05, 3.63) is 84.0 Å². The molecule has 4 rings (SSSR count). The van der Waals surface area contributed by atoms with Crippen LogP contribution >= 0.6 is 0 Å². The van der Waals surface area contributed by atoms with Crippen LogP contribution in [0, 0.1) is 0 Å². The predicted octanol–water partition coefficient (Wildman–Crippen LogP) is 5.12. The van der Waals surface area contributed by atoms with Crippen LogP contribution in [0.15, 0.2) is 72.8 Å². The number of carbonyl (C=O) groups is 2. The van der Waals surface area contributed by atoms with Gasteiger partial charge in [0.15, 0.2) is 5.78 Å². The maximum atomic E-state index is 12.5. The van der Waals surface area contributed by atoms with Gasteiger partial charge in [-0.05, 0) is 35.9 Å². The molecule has 0 N–H and O–H groups in total. The van der Waals surface area contributed by atoms with E-state index in [1.165, 1.54) is 6.07 Å². The lowest BCUT2D eigenvalue weighted by Crippen LogP contribution is -2.28. The third kappa shape index (κ3) is 3.15. The van der Waals surface area contributed by atoms with Gasteiger partial charge in [0.05, 0.1) is 12.5 Å². The molecule has 0 aromatic heterocycles. The summed E-state index contributed by atoms with van der Waals surface area (Å²) in [5.74, 6) is -2.87. The van der Waals surface area contributed by atoms with Gasteiger partial charge in [-0.1, -0.05) is 42.5 Å². The van der Waals surface area contributed by atoms with Crippen LogP contribution in [0.5, 0.6) is 0 Å². The van der Waals surface area contributed by atoms with Crippen molar-refractivity contribution in [1.82, 2.24) is 0 Å². The van der Waals surface area contributed by atoms with Gasteiger partial charge in [-0.3, -0.25) is 9.59 Å². The normalized spacial score (nSPS) is 20.0. The molecule has 3 nitrogen and oxygen atoms in total. The molecule has 2 atom stereocenters. The van der Waals surface area contributed by atoms with Crippen LogP contribution < -0.4 is 4.90 Å². The summed E-state index contributed by atoms with van der Waals surface area (Å²) in [4.78, 5) is 25.6. The summed E-state index contributed by atoms with van der Waals surface area (Å²) in [6.45, 7) is 0. The SMILES string of the molecule is O=C(CC(=O)C(F)(F)F)c1ccc2c(c1)C1C=CC=CC1N2c1ccccc1. The highest BCUT2D eigenvalue weighted by molar-refractivity contribution is 6.09. The van der Waals surface area contributed by atoms with Gasteiger partial charge in [-0.15, -0.1) is 0 Å². The summed E-state index contributed by atoms with van der Waals surface area (Å²) >= 11 is 0. The van der Waals surface area contributed by atoms with Gasteiger partial charge in [0.2, 0.25) is 5.78 Å². The first-order valence-corrected chi connectivity index (χ1v) is 8.83. The fourth-order valence-electron chi connectivity index (χ4n) is 3.75. The molecule has 2 unspecified atom stereocenters. The number of anilines is 2. The lowest BCUT2D eigenvalue weighted by atomic mass is 9.90. The number of halogens is 3. The Balaban J connectivity index is 1.71. The molecule has 0 spiro atoms. The number of allylic oxidation sites excluding steroid dienone is 2. The topological polar surface area (TPSA) is 37.4 Å². The van der Waals surface area contributed by atoms with E-state index in [2.05, 4.69) is 11.0 Å². The summed E-state index contributed by atoms with van der Waals surface area (Å²) in [6, 6.07) is 14.6. The number of alkyl halides is 3. The minimum absolute atomic E-state index is 0.0181. The molecule has 0 bridgehead atoms. The lowest BCUT2D eigenvalue weighted by Gasteiger charge is -2.28. The number of ketones is 2. The molecule has 0 amide bonds. The fourth-order valence-corrected chi connectivity index (χ4v) is 3.75. The van der Waals surface area contributed by atoms with Gasteiger partial charge in [-0.25, -0.2) is 0 Å². The van der Waals surface area contributed by atoms with E-state index in [1.807, 2.05) is 48.6 Å². The molecule has 1 heterocycles. The predicted molar refractivity (Wildman–Crippen MR) is 99.8 cm³/mol. The highest BCUT2D eigenvalue weighted by atomic mass is 19.4. The van der Waals surface area contributed by atoms with Gasteiger partial charge in [0.25, 0.3) is 0 Å². The molecular formula is C22H16F3NO2. The Morgan fingerprint density at radius 2 is 1.68 bits per heavy atom. The smallest absolute Gasteiger partial charge is 0.333 e. The zero-order valence-corrected chi connectivity index (χ0v) is 14.7. The average molecular weight is 383 g/mol. The molecule has 0 radical (unpaired) electrons. The first-order chi connectivity index (χ1) is 13.4. The Morgan fingerprint density at radius 1 is 0.964 bits per heavy atom. The molecule has 28 heavy (non-hydrogen) atoms. The van der Waals surface area contributed by atoms with E-state index in [-0.39, 0.29) is 17.5 Å². The summed E-state index contributed by atoms with van der Waals surface area (Å²) < 4.78 is 37.4. The lowest BCUT2D eigenvalue weighted by molar-refractivity contribution is -0.170. The van der Waals surface area contributed by atoms with Crippen LogP contribution in [-0.2, 0) is 4.79 Å². The minimum Gasteiger partial charge on any atom is -0.333 e. The average Bonchev–Trinajstić information content (AvgIpc) is 3.01. The van der Waals surface area contributed by atoms with E-state index in [4.69, 9.17) is 0 Å². The first kappa shape index (κ1) is 18.2. The number of Topliss-reactive ketones (excluding diaryl/α,β-unsaturated/α-hetero) is 2. The fraction of sp³-hybridized carbons (Fsp3) is 0.182. The highest BCUT2D eigenvalue weighted by Gasteiger charge is 2.40. The van der Waals surface area contributed by atoms with E-state index in [0.717, 1.165) is 16.9 Å². The second-order valence-corrected chi connectivity index (χ2v) is 6.79. The number of fused-ring (bicyclic) bond motifs is 3. The van der Waals surface area contributed by atoms with Crippen LogP contribution in [0.2, 0.25) is 0 Å². The molecule has 2 aliphatic rings. The molecule has 2 aromatic rings. The Kier molecular flexibility index (Phi) is 4.41. The van der Waals surface area contributed by atoms with Crippen molar-refractivity contribution < 1.29 is 22.8 Å². The minimum atomic E-state index is -5.00. The van der Waals surface area contributed by atoms with Crippen molar-refractivity contribution in [3.63, 3.8) is 0 Å². The van der Waals surface area contributed by atoms with Crippen LogP contribution in [-0.4, -0.2) is 23.8 Å². The Labute approximate surface area is 159 Å². The molecule has 2 aromatic carbocycles. The van der Waals surface area contributed by atoms with Crippen molar-refractivity contribution in [3.8, 4) is 0 Å². The van der Waals surface area contributed by atoms with Crippen molar-refractivity contribution in [2.24, 2.45) is 0 Å². The van der Waals surface area contributed by atoms with Crippen molar-refractivity contribution in [2.75, 3.05) is 4.90 Å². The molecule has 1 aliphatic heterocycles. The molecule has 6 heteroatoms. The van der Waals surface area contributed by atoms with Crippen molar-refractivity contribution >= 4 is 22.9 Å². The summed E-state index contributed by atoms with van der Waals surface area (Å²) in [6.07, 6.45) is 1.78. The Bertz CT molecular complexity index is 993. The van der Waals surface area contributed by atoms with Gasteiger partial charge < -0.3 is 4.90 Å². The molecular weight excluding hydrogens is 367 g/mol. The van der Waals surface area contributed by atoms with Crippen LogP contribution in [0.25, 0.3) is 0 Å². The van der Waals surface area contributed by atoms with E-state index in [0.29, 0.717) is 0 Å². The third-order valence-corrected chi connectivity index (χ3v) is 5.04. The van der Waals surface area contributed by atoms with Gasteiger partial charge >= 0.3 is 6.18 Å². The van der Waals surface area contributed by atoms with Gasteiger partial charge in [-0.2, -0.15) is 13.2 Å². The number of nitrogens with zero attached hydrogens (tertiary/aromatic N) is 1. The second kappa shape index (κ2) is 6.78. The summed E-state index contributed by atoms with van der Waals surface area (Å²) in [5, 5.41) is 0. The van der Waals surface area contributed by atoms with E-state index in [1.54, 1.807) is 12.1 Å². The zero-order chi connectivity index (χ0) is 19.9. The van der Waals surface area contributed by atoms with Crippen LogP contribution in [0.4, 0.5) is 24.5 Å². The monoisotopic (exact) mass is 383 g/mol. The van der Waals surface area contributed by atoms with Crippen LogP contribution in [0.1, 0.15) is 28.3 Å². The number of hydrogen-bond acceptors (Lipinski definition) is 3. The standard InChI is InChI=1S/C22H16F3NO2/c23-22(24,25)21(28)13-20(27)14-10-11-19-17(12-14)16-8-4-5-9-18(16)26(19)15-6-2-1-3-7-15/h1-12,16,18H,13H2. The van der Waals surface area contributed by atoms with E-state index < -0.39 is 24.2 Å². The summed E-state index contributed by atoms with van der Waals surface area (Å²) in [5.41, 5.74) is 2.87. The summed E-state index contributed by atoms with van der Waals surface area (Å²) in [7, 11) is 0. The number of hydrogen-bond donors (Lipinski definition) is 0. The van der Waals surface area contributed by atoms with Crippen molar-refractivity contribution in [2.45, 2.75) is 24.6 Å². The third-order valence-electron chi connectivity index (χ3n) is 5.04. The van der Waals surface area contributed by atoms with Crippen molar-refractivity contribution in [1.29, 1.82) is 0 Å². The number of carbonyl (C=O) groups excluding carboxylic acids is 2. The first-order valence-electron chi connectivity index (χ1n) is 8.83. The molecule has 0 fully saturated rings. The molecule has 142 valence electrons. The van der Waals surface area contributed by atoms with Gasteiger partial charge in [0, 0.05) is 22.9 Å². The zero-order valence-electron chi connectivity index (χ0n) is 14.7. The highest BCUT2D eigenvalue weighted by Crippen LogP contribution is 2.47. The maximum Gasteiger partial charge on any atom is 0.450 e. The van der Waals surface area contributed by atoms with Gasteiger partial charge in [0.1, 0.15) is 0 Å². The second-order valence-electron chi connectivity index (χ2n) is 6.79. The largest absolute Gasteiger partial charge is 0.450 e. The quantitative estimate of drug-likeness (QED) is 0.543. The van der Waals surface area contributed by atoms with Crippen LogP contribution in [0.3, 0.4) is 0 Å².